The Morgan fingerprint density at radius 1 is 1.19 bits per heavy atom. The fourth-order valence-electron chi connectivity index (χ4n) is 2.43. The van der Waals surface area contributed by atoms with Gasteiger partial charge in [-0.25, -0.2) is 13.8 Å². The Morgan fingerprint density at radius 3 is 2.58 bits per heavy atom. The Kier molecular flexibility index (Phi) is 6.44. The van der Waals surface area contributed by atoms with Crippen molar-refractivity contribution >= 4 is 23.5 Å². The second kappa shape index (κ2) is 8.56. The normalized spacial score (nSPS) is 11.0. The van der Waals surface area contributed by atoms with E-state index in [-0.39, 0.29) is 29.3 Å². The molecule has 0 aliphatic carbocycles. The van der Waals surface area contributed by atoms with Crippen LogP contribution < -0.4 is 5.32 Å². The molecule has 0 aliphatic rings. The number of carbonyl (C=O) groups is 1. The highest BCUT2D eigenvalue weighted by Gasteiger charge is 2.14. The molecule has 26 heavy (non-hydrogen) atoms. The predicted octanol–water partition coefficient (Wildman–Crippen LogP) is 4.49. The fraction of sp³-hybridized carbons (Fsp3) is 0.300. The number of nitrogens with one attached hydrogen (secondary N) is 1. The first-order chi connectivity index (χ1) is 12.3. The summed E-state index contributed by atoms with van der Waals surface area (Å²) in [5.41, 5.74) is 2.03. The van der Waals surface area contributed by atoms with E-state index in [9.17, 15) is 13.6 Å². The predicted molar refractivity (Wildman–Crippen MR) is 102 cm³/mol. The van der Waals surface area contributed by atoms with Gasteiger partial charge in [-0.2, -0.15) is 0 Å². The minimum atomic E-state index is -0.568. The lowest BCUT2D eigenvalue weighted by atomic mass is 10.0. The topological polar surface area (TPSA) is 44.7 Å². The van der Waals surface area contributed by atoms with Crippen LogP contribution in [0.2, 0.25) is 0 Å². The molecule has 0 amide bonds. The van der Waals surface area contributed by atoms with Gasteiger partial charge in [-0.3, -0.25) is 4.79 Å². The maximum absolute atomic E-state index is 14.3. The van der Waals surface area contributed by atoms with Crippen LogP contribution in [-0.4, -0.2) is 37.2 Å². The fourth-order valence-corrected chi connectivity index (χ4v) is 2.43. The van der Waals surface area contributed by atoms with Gasteiger partial charge in [0.25, 0.3) is 0 Å². The van der Waals surface area contributed by atoms with Gasteiger partial charge in [0.05, 0.1) is 18.6 Å². The van der Waals surface area contributed by atoms with Crippen LogP contribution in [0.1, 0.15) is 28.4 Å². The highest BCUT2D eigenvalue weighted by molar-refractivity contribution is 6.00. The maximum atomic E-state index is 14.3. The summed E-state index contributed by atoms with van der Waals surface area (Å²) in [7, 11) is 1.84. The number of hydrogen-bond donors (Lipinski definition) is 1. The van der Waals surface area contributed by atoms with Crippen LogP contribution in [0.4, 0.5) is 20.2 Å². The lowest BCUT2D eigenvalue weighted by molar-refractivity contribution is 0.100. The van der Waals surface area contributed by atoms with Crippen molar-refractivity contribution in [2.24, 2.45) is 4.99 Å². The molecule has 0 fully saturated rings. The average molecular weight is 359 g/mol. The lowest BCUT2D eigenvalue weighted by Crippen LogP contribution is -2.17. The molecule has 138 valence electrons. The van der Waals surface area contributed by atoms with E-state index in [0.717, 1.165) is 6.54 Å². The number of aryl methyl sites for hydroxylation is 2. The van der Waals surface area contributed by atoms with Crippen molar-refractivity contribution in [3.05, 3.63) is 58.7 Å². The van der Waals surface area contributed by atoms with Gasteiger partial charge in [-0.15, -0.1) is 0 Å². The Labute approximate surface area is 152 Å². The zero-order chi connectivity index (χ0) is 19.3. The molecule has 0 saturated heterocycles. The first-order valence-corrected chi connectivity index (χ1v) is 8.40. The smallest absolute Gasteiger partial charge is 0.182 e. The van der Waals surface area contributed by atoms with Crippen LogP contribution in [0.15, 0.2) is 35.3 Å². The average Bonchev–Trinajstić information content (AvgIpc) is 2.61. The van der Waals surface area contributed by atoms with Crippen molar-refractivity contribution in [3.63, 3.8) is 0 Å². The third-order valence-corrected chi connectivity index (χ3v) is 4.13. The standard InChI is InChI=1S/C20H23F2N3O/c1-5-25(4)12-24-18-9-14(3)15(10-17(18)22)19(26)11-23-20-13(2)7-6-8-16(20)21/h6-10,12,23H,5,11H2,1-4H3/b24-12-. The molecule has 2 aromatic carbocycles. The van der Waals surface area contributed by atoms with E-state index in [0.29, 0.717) is 11.1 Å². The minimum Gasteiger partial charge on any atom is -0.375 e. The van der Waals surface area contributed by atoms with Gasteiger partial charge in [0.15, 0.2) is 5.78 Å². The van der Waals surface area contributed by atoms with Crippen molar-refractivity contribution < 1.29 is 13.6 Å². The maximum Gasteiger partial charge on any atom is 0.182 e. The van der Waals surface area contributed by atoms with Crippen LogP contribution in [0.5, 0.6) is 0 Å². The number of hydrogen-bond acceptors (Lipinski definition) is 3. The van der Waals surface area contributed by atoms with Crippen molar-refractivity contribution in [2.75, 3.05) is 25.5 Å². The molecule has 0 unspecified atom stereocenters. The zero-order valence-corrected chi connectivity index (χ0v) is 15.4. The van der Waals surface area contributed by atoms with Crippen LogP contribution in [0.3, 0.4) is 0 Å². The number of halogens is 2. The molecule has 0 heterocycles. The molecule has 0 bridgehead atoms. The molecule has 0 atom stereocenters. The molecule has 1 N–H and O–H groups in total. The van der Waals surface area contributed by atoms with Gasteiger partial charge in [-0.05, 0) is 50.1 Å². The lowest BCUT2D eigenvalue weighted by Gasteiger charge is -2.12. The van der Waals surface area contributed by atoms with Crippen molar-refractivity contribution in [1.29, 1.82) is 0 Å². The van der Waals surface area contributed by atoms with E-state index in [2.05, 4.69) is 10.3 Å². The van der Waals surface area contributed by atoms with E-state index in [1.54, 1.807) is 32.3 Å². The second-order valence-electron chi connectivity index (χ2n) is 6.14. The molecule has 0 radical (unpaired) electrons. The number of aliphatic imine (C=N–C) groups is 1. The third kappa shape index (κ3) is 4.65. The molecule has 0 aliphatic heterocycles. The number of benzene rings is 2. The summed E-state index contributed by atoms with van der Waals surface area (Å²) in [6.07, 6.45) is 1.54. The summed E-state index contributed by atoms with van der Waals surface area (Å²) in [5.74, 6) is -1.31. The van der Waals surface area contributed by atoms with Gasteiger partial charge in [0, 0.05) is 19.2 Å². The number of anilines is 1. The number of Topliss-reactive ketones (excluding diaryl/α,β-unsaturated/α-hetero) is 1. The van der Waals surface area contributed by atoms with Crippen LogP contribution in [-0.2, 0) is 0 Å². The number of nitrogens with zero attached hydrogens (tertiary/aromatic N) is 2. The molecule has 0 spiro atoms. The summed E-state index contributed by atoms with van der Waals surface area (Å²) < 4.78 is 28.1. The zero-order valence-electron chi connectivity index (χ0n) is 15.4. The Bertz CT molecular complexity index is 814. The molecular weight excluding hydrogens is 336 g/mol. The number of rotatable bonds is 7. The van der Waals surface area contributed by atoms with E-state index in [1.807, 2.05) is 18.9 Å². The van der Waals surface area contributed by atoms with Crippen LogP contribution in [0, 0.1) is 25.5 Å². The van der Waals surface area contributed by atoms with Crippen molar-refractivity contribution in [3.8, 4) is 0 Å². The molecule has 2 aromatic rings. The van der Waals surface area contributed by atoms with E-state index in [4.69, 9.17) is 0 Å². The Balaban J connectivity index is 2.17. The summed E-state index contributed by atoms with van der Waals surface area (Å²) in [6, 6.07) is 7.40. The Morgan fingerprint density at radius 2 is 1.92 bits per heavy atom. The van der Waals surface area contributed by atoms with Crippen molar-refractivity contribution in [2.45, 2.75) is 20.8 Å². The first kappa shape index (κ1) is 19.6. The Hall–Kier alpha value is -2.76. The van der Waals surface area contributed by atoms with Gasteiger partial charge < -0.3 is 10.2 Å². The second-order valence-corrected chi connectivity index (χ2v) is 6.14. The van der Waals surface area contributed by atoms with Crippen LogP contribution in [0.25, 0.3) is 0 Å². The van der Waals surface area contributed by atoms with Crippen LogP contribution >= 0.6 is 0 Å². The summed E-state index contributed by atoms with van der Waals surface area (Å²) >= 11 is 0. The summed E-state index contributed by atoms with van der Waals surface area (Å²) in [6.45, 7) is 6.06. The first-order valence-electron chi connectivity index (χ1n) is 8.40. The highest BCUT2D eigenvalue weighted by atomic mass is 19.1. The summed E-state index contributed by atoms with van der Waals surface area (Å²) in [4.78, 5) is 18.4. The summed E-state index contributed by atoms with van der Waals surface area (Å²) in [5, 5.41) is 2.81. The SMILES string of the molecule is CCN(C)/C=N\c1cc(C)c(C(=O)CNc2c(C)cccc2F)cc1F. The van der Waals surface area contributed by atoms with Crippen molar-refractivity contribution in [1.82, 2.24) is 4.90 Å². The van der Waals surface area contributed by atoms with E-state index >= 15 is 0 Å². The van der Waals surface area contributed by atoms with Gasteiger partial charge in [0.2, 0.25) is 0 Å². The van der Waals surface area contributed by atoms with Gasteiger partial charge in [-0.1, -0.05) is 12.1 Å². The minimum absolute atomic E-state index is 0.122. The number of ketones is 1. The number of carbonyl (C=O) groups excluding carboxylic acids is 1. The van der Waals surface area contributed by atoms with E-state index < -0.39 is 11.6 Å². The third-order valence-electron chi connectivity index (χ3n) is 4.13. The molecule has 0 aromatic heterocycles. The molecule has 2 rings (SSSR count). The highest BCUT2D eigenvalue weighted by Crippen LogP contribution is 2.24. The monoisotopic (exact) mass is 359 g/mol. The van der Waals surface area contributed by atoms with E-state index in [1.165, 1.54) is 18.2 Å². The molecule has 4 nitrogen and oxygen atoms in total. The largest absolute Gasteiger partial charge is 0.375 e. The van der Waals surface area contributed by atoms with Gasteiger partial charge >= 0.3 is 0 Å². The quantitative estimate of drug-likeness (QED) is 0.450. The van der Waals surface area contributed by atoms with Gasteiger partial charge in [0.1, 0.15) is 17.3 Å². The molecule has 6 heteroatoms. The number of para-hydroxylation sites is 1. The molecule has 0 saturated carbocycles. The molecular formula is C20H23F2N3O.